The Morgan fingerprint density at radius 2 is 1.79 bits per heavy atom. The molecule has 7 heteroatoms. The number of fused-ring (bicyclic) bond motifs is 1. The molecule has 1 aliphatic heterocycles. The van der Waals surface area contributed by atoms with Crippen molar-refractivity contribution in [2.45, 2.75) is 18.9 Å². The molecule has 2 aromatic carbocycles. The molecule has 1 aliphatic rings. The summed E-state index contributed by atoms with van der Waals surface area (Å²) in [6, 6.07) is 16.3. The normalized spacial score (nSPS) is 16.1. The van der Waals surface area contributed by atoms with Crippen molar-refractivity contribution in [2.24, 2.45) is 0 Å². The zero-order chi connectivity index (χ0) is 19.3. The first kappa shape index (κ1) is 18.1. The van der Waals surface area contributed by atoms with Gasteiger partial charge in [-0.2, -0.15) is 0 Å². The zero-order valence-corrected chi connectivity index (χ0v) is 15.3. The monoisotopic (exact) mass is 378 g/mol. The van der Waals surface area contributed by atoms with Crippen molar-refractivity contribution in [3.05, 3.63) is 60.3 Å². The van der Waals surface area contributed by atoms with Gasteiger partial charge in [0.15, 0.2) is 0 Å². The molecule has 3 aromatic rings. The third-order valence-corrected chi connectivity index (χ3v) is 4.69. The minimum Gasteiger partial charge on any atom is -0.376 e. The summed E-state index contributed by atoms with van der Waals surface area (Å²) in [5.41, 5.74) is 2.71. The second kappa shape index (κ2) is 8.14. The summed E-state index contributed by atoms with van der Waals surface area (Å²) in [7, 11) is 0. The first-order valence-electron chi connectivity index (χ1n) is 9.33. The quantitative estimate of drug-likeness (QED) is 0.545. The molecule has 0 saturated carbocycles. The number of aromatic nitrogens is 1. The van der Waals surface area contributed by atoms with Gasteiger partial charge in [0, 0.05) is 35.4 Å². The molecule has 144 valence electrons. The number of benzene rings is 2. The number of rotatable bonds is 5. The number of H-pyrrole nitrogens is 1. The highest BCUT2D eigenvalue weighted by molar-refractivity contribution is 6.06. The summed E-state index contributed by atoms with van der Waals surface area (Å²) in [5.74, 6) is -0.216. The van der Waals surface area contributed by atoms with Crippen molar-refractivity contribution in [2.75, 3.05) is 23.8 Å². The van der Waals surface area contributed by atoms with Crippen LogP contribution < -0.4 is 16.0 Å². The second-order valence-electron chi connectivity index (χ2n) is 6.77. The summed E-state index contributed by atoms with van der Waals surface area (Å²) >= 11 is 0. The molecule has 0 bridgehead atoms. The summed E-state index contributed by atoms with van der Waals surface area (Å²) in [5, 5.41) is 9.41. The van der Waals surface area contributed by atoms with Crippen LogP contribution in [-0.2, 0) is 4.74 Å². The van der Waals surface area contributed by atoms with E-state index in [0.717, 1.165) is 30.4 Å². The Hall–Kier alpha value is -3.32. The number of hydrogen-bond donors (Lipinski definition) is 4. The number of para-hydroxylation sites is 1. The Kier molecular flexibility index (Phi) is 5.25. The van der Waals surface area contributed by atoms with Gasteiger partial charge in [-0.05, 0) is 49.2 Å². The SMILES string of the molecule is O=C(NCC1CCCO1)Nc1ccc(NC(=O)c2cc3ccccc3[nH]2)cc1. The van der Waals surface area contributed by atoms with E-state index in [4.69, 9.17) is 4.74 Å². The van der Waals surface area contributed by atoms with Crippen LogP contribution in [0, 0.1) is 0 Å². The van der Waals surface area contributed by atoms with Crippen LogP contribution in [0.1, 0.15) is 23.3 Å². The minimum absolute atomic E-state index is 0.105. The van der Waals surface area contributed by atoms with Crippen LogP contribution in [0.4, 0.5) is 16.2 Å². The highest BCUT2D eigenvalue weighted by atomic mass is 16.5. The summed E-state index contributed by atoms with van der Waals surface area (Å²) in [6.07, 6.45) is 2.12. The fraction of sp³-hybridized carbons (Fsp3) is 0.238. The Bertz CT molecular complexity index is 942. The van der Waals surface area contributed by atoms with Gasteiger partial charge < -0.3 is 25.7 Å². The predicted octanol–water partition coefficient (Wildman–Crippen LogP) is 3.72. The molecular formula is C21H22N4O3. The molecule has 1 unspecified atom stereocenters. The van der Waals surface area contributed by atoms with Crippen molar-refractivity contribution in [3.63, 3.8) is 0 Å². The maximum Gasteiger partial charge on any atom is 0.319 e. The van der Waals surface area contributed by atoms with E-state index in [1.165, 1.54) is 0 Å². The van der Waals surface area contributed by atoms with E-state index in [-0.39, 0.29) is 18.0 Å². The van der Waals surface area contributed by atoms with Crippen LogP contribution in [0.5, 0.6) is 0 Å². The number of anilines is 2. The van der Waals surface area contributed by atoms with E-state index in [1.54, 1.807) is 24.3 Å². The Labute approximate surface area is 162 Å². The van der Waals surface area contributed by atoms with Gasteiger partial charge in [0.25, 0.3) is 5.91 Å². The number of carbonyl (C=O) groups excluding carboxylic acids is 2. The topological polar surface area (TPSA) is 95.2 Å². The molecule has 1 saturated heterocycles. The van der Waals surface area contributed by atoms with Gasteiger partial charge in [-0.3, -0.25) is 4.79 Å². The van der Waals surface area contributed by atoms with Crippen molar-refractivity contribution < 1.29 is 14.3 Å². The first-order valence-corrected chi connectivity index (χ1v) is 9.33. The van der Waals surface area contributed by atoms with E-state index in [2.05, 4.69) is 20.9 Å². The van der Waals surface area contributed by atoms with Crippen molar-refractivity contribution in [3.8, 4) is 0 Å². The number of hydrogen-bond acceptors (Lipinski definition) is 3. The Morgan fingerprint density at radius 3 is 2.50 bits per heavy atom. The molecule has 3 amide bonds. The highest BCUT2D eigenvalue weighted by Gasteiger charge is 2.16. The van der Waals surface area contributed by atoms with Gasteiger partial charge in [0.2, 0.25) is 0 Å². The third kappa shape index (κ3) is 4.32. The lowest BCUT2D eigenvalue weighted by Crippen LogP contribution is -2.35. The van der Waals surface area contributed by atoms with Gasteiger partial charge in [0.05, 0.1) is 6.10 Å². The van der Waals surface area contributed by atoms with Gasteiger partial charge in [0.1, 0.15) is 5.69 Å². The Balaban J connectivity index is 1.31. The lowest BCUT2D eigenvalue weighted by atomic mass is 10.2. The molecule has 1 aromatic heterocycles. The Morgan fingerprint density at radius 1 is 1.04 bits per heavy atom. The number of amides is 3. The summed E-state index contributed by atoms with van der Waals surface area (Å²) < 4.78 is 5.48. The van der Waals surface area contributed by atoms with E-state index in [0.29, 0.717) is 23.6 Å². The van der Waals surface area contributed by atoms with Crippen molar-refractivity contribution in [1.29, 1.82) is 0 Å². The number of aromatic amines is 1. The summed E-state index contributed by atoms with van der Waals surface area (Å²) in [4.78, 5) is 27.5. The molecule has 0 radical (unpaired) electrons. The molecule has 0 spiro atoms. The van der Waals surface area contributed by atoms with Crippen molar-refractivity contribution >= 4 is 34.2 Å². The molecule has 7 nitrogen and oxygen atoms in total. The lowest BCUT2D eigenvalue weighted by molar-refractivity contribution is 0.102. The van der Waals surface area contributed by atoms with Crippen LogP contribution in [0.15, 0.2) is 54.6 Å². The zero-order valence-electron chi connectivity index (χ0n) is 15.3. The van der Waals surface area contributed by atoms with Crippen molar-refractivity contribution in [1.82, 2.24) is 10.3 Å². The van der Waals surface area contributed by atoms with Gasteiger partial charge in [-0.1, -0.05) is 18.2 Å². The van der Waals surface area contributed by atoms with Crippen LogP contribution in [0.3, 0.4) is 0 Å². The van der Waals surface area contributed by atoms with E-state index >= 15 is 0 Å². The molecule has 4 N–H and O–H groups in total. The molecule has 1 atom stereocenters. The van der Waals surface area contributed by atoms with E-state index in [9.17, 15) is 9.59 Å². The predicted molar refractivity (Wildman–Crippen MR) is 109 cm³/mol. The lowest BCUT2D eigenvalue weighted by Gasteiger charge is -2.12. The van der Waals surface area contributed by atoms with Gasteiger partial charge in [-0.25, -0.2) is 4.79 Å². The smallest absolute Gasteiger partial charge is 0.319 e. The summed E-state index contributed by atoms with van der Waals surface area (Å²) in [6.45, 7) is 1.27. The van der Waals surface area contributed by atoms with E-state index in [1.807, 2.05) is 30.3 Å². The average molecular weight is 378 g/mol. The van der Waals surface area contributed by atoms with Gasteiger partial charge >= 0.3 is 6.03 Å². The standard InChI is InChI=1S/C21H22N4O3/c26-20(19-12-14-4-1-2-6-18(14)25-19)23-15-7-9-16(10-8-15)24-21(27)22-13-17-5-3-11-28-17/h1-2,4,6-10,12,17,25H,3,5,11,13H2,(H,23,26)(H2,22,24,27). The highest BCUT2D eigenvalue weighted by Crippen LogP contribution is 2.18. The number of nitrogens with one attached hydrogen (secondary N) is 4. The fourth-order valence-corrected chi connectivity index (χ4v) is 3.22. The first-order chi connectivity index (χ1) is 13.7. The van der Waals surface area contributed by atoms with Crippen LogP contribution in [0.25, 0.3) is 10.9 Å². The molecular weight excluding hydrogens is 356 g/mol. The average Bonchev–Trinajstić information content (AvgIpc) is 3.37. The second-order valence-corrected chi connectivity index (χ2v) is 6.77. The van der Waals surface area contributed by atoms with Crippen LogP contribution in [-0.4, -0.2) is 36.2 Å². The van der Waals surface area contributed by atoms with Crippen LogP contribution in [0.2, 0.25) is 0 Å². The maximum atomic E-state index is 12.4. The number of urea groups is 1. The number of ether oxygens (including phenoxy) is 1. The largest absolute Gasteiger partial charge is 0.376 e. The number of carbonyl (C=O) groups is 2. The minimum atomic E-state index is -0.273. The molecule has 1 fully saturated rings. The molecule has 4 rings (SSSR count). The third-order valence-electron chi connectivity index (χ3n) is 4.69. The molecule has 28 heavy (non-hydrogen) atoms. The van der Waals surface area contributed by atoms with E-state index < -0.39 is 0 Å². The molecule has 0 aliphatic carbocycles. The fourth-order valence-electron chi connectivity index (χ4n) is 3.22. The maximum absolute atomic E-state index is 12.4. The van der Waals surface area contributed by atoms with Gasteiger partial charge in [-0.15, -0.1) is 0 Å². The van der Waals surface area contributed by atoms with Crippen LogP contribution >= 0.6 is 0 Å². The molecule has 2 heterocycles.